The van der Waals surface area contributed by atoms with Gasteiger partial charge in [-0.2, -0.15) is 0 Å². The van der Waals surface area contributed by atoms with E-state index < -0.39 is 86.8 Å². The number of carbonyl (C=O) groups is 1. The van der Waals surface area contributed by atoms with Crippen molar-refractivity contribution in [1.29, 1.82) is 0 Å². The molecule has 14 nitrogen and oxygen atoms in total. The summed E-state index contributed by atoms with van der Waals surface area (Å²) in [5.74, 6) is -0.252. The Bertz CT molecular complexity index is 1510. The molecular weight excluding hydrogens is 1040 g/mol. The predicted octanol–water partition coefficient (Wildman–Crippen LogP) is 13.3. The summed E-state index contributed by atoms with van der Waals surface area (Å²) >= 11 is 0. The van der Waals surface area contributed by atoms with Gasteiger partial charge in [0.2, 0.25) is 5.91 Å². The van der Waals surface area contributed by atoms with E-state index in [1.54, 1.807) is 6.08 Å². The maximum Gasteiger partial charge on any atom is 0.220 e. The molecule has 482 valence electrons. The SMILES string of the molecule is C/C=C/CC/C=C/CC/C=C/C(O)C(COC1OC(CO)C(OC2OC(CO)C(O)C(O)C2O)C(O)C1O)NC(=O)CCCCCCCCCCCCCCCCCCCCCCCCCCCCCCCCCCCCCCCCC. The molecule has 2 aliphatic heterocycles. The molecule has 12 atom stereocenters. The van der Waals surface area contributed by atoms with Gasteiger partial charge < -0.3 is 65.1 Å². The summed E-state index contributed by atoms with van der Waals surface area (Å²) in [7, 11) is 0. The minimum absolute atomic E-state index is 0.252. The van der Waals surface area contributed by atoms with Crippen LogP contribution in [0.2, 0.25) is 0 Å². The predicted molar refractivity (Wildman–Crippen MR) is 332 cm³/mol. The zero-order chi connectivity index (χ0) is 59.5. The van der Waals surface area contributed by atoms with E-state index in [0.29, 0.717) is 12.8 Å². The summed E-state index contributed by atoms with van der Waals surface area (Å²) in [5.41, 5.74) is 0. The van der Waals surface area contributed by atoms with Gasteiger partial charge in [0.1, 0.15) is 48.8 Å². The highest BCUT2D eigenvalue weighted by molar-refractivity contribution is 5.76. The van der Waals surface area contributed by atoms with E-state index >= 15 is 0 Å². The van der Waals surface area contributed by atoms with Crippen molar-refractivity contribution in [2.24, 2.45) is 0 Å². The van der Waals surface area contributed by atoms with Gasteiger partial charge in [0.15, 0.2) is 12.6 Å². The number of nitrogens with one attached hydrogen (secondary N) is 1. The van der Waals surface area contributed by atoms with Gasteiger partial charge in [0, 0.05) is 6.42 Å². The highest BCUT2D eigenvalue weighted by atomic mass is 16.7. The van der Waals surface area contributed by atoms with Crippen molar-refractivity contribution in [3.63, 3.8) is 0 Å². The number of unbranched alkanes of at least 4 members (excludes halogenated alkanes) is 40. The summed E-state index contributed by atoms with van der Waals surface area (Å²) in [4.78, 5) is 13.2. The molecule has 0 saturated carbocycles. The van der Waals surface area contributed by atoms with Crippen LogP contribution in [0.4, 0.5) is 0 Å². The van der Waals surface area contributed by atoms with E-state index in [1.165, 1.54) is 225 Å². The zero-order valence-corrected chi connectivity index (χ0v) is 52.2. The summed E-state index contributed by atoms with van der Waals surface area (Å²) < 4.78 is 22.7. The van der Waals surface area contributed by atoms with Crippen molar-refractivity contribution in [2.75, 3.05) is 19.8 Å². The first-order valence-corrected chi connectivity index (χ1v) is 34.2. The number of carbonyl (C=O) groups excluding carboxylic acids is 1. The van der Waals surface area contributed by atoms with Crippen LogP contribution in [0.25, 0.3) is 0 Å². The third kappa shape index (κ3) is 37.7. The van der Waals surface area contributed by atoms with Crippen LogP contribution in [0.1, 0.15) is 296 Å². The molecule has 0 radical (unpaired) electrons. The number of aliphatic hydroxyl groups excluding tert-OH is 8. The Hall–Kier alpha value is -1.79. The fourth-order valence-corrected chi connectivity index (χ4v) is 11.5. The van der Waals surface area contributed by atoms with Gasteiger partial charge in [-0.3, -0.25) is 4.79 Å². The second-order valence-electron chi connectivity index (χ2n) is 24.3. The molecule has 0 aromatic carbocycles. The molecule has 1 amide bonds. The standard InChI is InChI=1S/C68H127NO13/c1-3-5-7-9-11-13-14-15-16-17-18-19-20-21-22-23-24-25-26-27-28-29-30-31-32-33-34-35-36-37-38-39-40-41-42-44-46-48-50-52-60(73)69-56(57(72)51-49-47-45-43-12-10-8-6-4-2)55-79-67-65(78)63(76)66(59(54-71)81-67)82-68-64(77)62(75)61(74)58(53-70)80-68/h4,6,12,43,49,51,56-59,61-68,70-72,74-78H,3,5,7-11,13-42,44-48,50,52-55H2,1-2H3,(H,69,73)/b6-4+,43-12+,51-49+. The molecule has 2 fully saturated rings. The van der Waals surface area contributed by atoms with Crippen LogP contribution in [-0.4, -0.2) is 140 Å². The lowest BCUT2D eigenvalue weighted by atomic mass is 9.97. The topological polar surface area (TPSA) is 228 Å². The number of allylic oxidation sites excluding steroid dienone is 5. The Kier molecular flexibility index (Phi) is 49.7. The monoisotopic (exact) mass is 1170 g/mol. The number of amides is 1. The molecular formula is C68H127NO13. The molecule has 2 aliphatic rings. The number of ether oxygens (including phenoxy) is 4. The first-order chi connectivity index (χ1) is 40.1. The van der Waals surface area contributed by atoms with Crippen molar-refractivity contribution >= 4 is 5.91 Å². The van der Waals surface area contributed by atoms with Crippen molar-refractivity contribution < 1.29 is 64.6 Å². The lowest BCUT2D eigenvalue weighted by Gasteiger charge is -2.46. The Morgan fingerprint density at radius 3 is 1.20 bits per heavy atom. The summed E-state index contributed by atoms with van der Waals surface area (Å²) in [5, 5.41) is 86.8. The lowest BCUT2D eigenvalue weighted by molar-refractivity contribution is -0.359. The maximum atomic E-state index is 13.2. The van der Waals surface area contributed by atoms with E-state index in [-0.39, 0.29) is 18.9 Å². The van der Waals surface area contributed by atoms with Crippen molar-refractivity contribution in [2.45, 2.75) is 370 Å². The average molecular weight is 1170 g/mol. The quantitative estimate of drug-likeness (QED) is 0.0204. The van der Waals surface area contributed by atoms with Crippen molar-refractivity contribution in [3.05, 3.63) is 36.5 Å². The van der Waals surface area contributed by atoms with Crippen LogP contribution in [0, 0.1) is 0 Å². The molecule has 9 N–H and O–H groups in total. The number of rotatable bonds is 56. The molecule has 0 bridgehead atoms. The van der Waals surface area contributed by atoms with Gasteiger partial charge in [0.25, 0.3) is 0 Å². The molecule has 0 aliphatic carbocycles. The average Bonchev–Trinajstić information content (AvgIpc) is 3.24. The van der Waals surface area contributed by atoms with Crippen LogP contribution in [0.5, 0.6) is 0 Å². The molecule has 14 heteroatoms. The summed E-state index contributed by atoms with van der Waals surface area (Å²) in [6.07, 6.45) is 51.6. The molecule has 0 spiro atoms. The zero-order valence-electron chi connectivity index (χ0n) is 52.2. The van der Waals surface area contributed by atoms with E-state index in [0.717, 1.165) is 38.5 Å². The third-order valence-corrected chi connectivity index (χ3v) is 16.9. The van der Waals surface area contributed by atoms with Crippen LogP contribution in [0.15, 0.2) is 36.5 Å². The van der Waals surface area contributed by atoms with Gasteiger partial charge in [-0.15, -0.1) is 0 Å². The number of hydrogen-bond acceptors (Lipinski definition) is 13. The van der Waals surface area contributed by atoms with Gasteiger partial charge in [-0.1, -0.05) is 287 Å². The Labute approximate surface area is 500 Å². The largest absolute Gasteiger partial charge is 0.394 e. The van der Waals surface area contributed by atoms with Crippen molar-refractivity contribution in [1.82, 2.24) is 5.32 Å². The fraction of sp³-hybridized carbons (Fsp3) is 0.897. The fourth-order valence-electron chi connectivity index (χ4n) is 11.5. The Balaban J connectivity index is 1.50. The molecule has 0 aromatic heterocycles. The van der Waals surface area contributed by atoms with Crippen molar-refractivity contribution in [3.8, 4) is 0 Å². The molecule has 82 heavy (non-hydrogen) atoms. The Morgan fingerprint density at radius 2 is 0.805 bits per heavy atom. The van der Waals surface area contributed by atoms with Gasteiger partial charge in [-0.25, -0.2) is 0 Å². The summed E-state index contributed by atoms with van der Waals surface area (Å²) in [6, 6.07) is -0.934. The summed E-state index contributed by atoms with van der Waals surface area (Å²) in [6.45, 7) is 2.55. The molecule has 2 rings (SSSR count). The normalized spacial score (nSPS) is 24.1. The Morgan fingerprint density at radius 1 is 0.451 bits per heavy atom. The molecule has 12 unspecified atom stereocenters. The molecule has 2 saturated heterocycles. The molecule has 2 heterocycles. The number of aliphatic hydroxyl groups is 8. The first kappa shape index (κ1) is 76.3. The van der Waals surface area contributed by atoms with Crippen LogP contribution in [-0.2, 0) is 23.7 Å². The van der Waals surface area contributed by atoms with Gasteiger partial charge in [-0.05, 0) is 39.0 Å². The maximum absolute atomic E-state index is 13.2. The lowest BCUT2D eigenvalue weighted by Crippen LogP contribution is -2.65. The highest BCUT2D eigenvalue weighted by Crippen LogP contribution is 2.30. The van der Waals surface area contributed by atoms with Gasteiger partial charge in [0.05, 0.1) is 32.0 Å². The minimum Gasteiger partial charge on any atom is -0.394 e. The van der Waals surface area contributed by atoms with Crippen LogP contribution in [0.3, 0.4) is 0 Å². The van der Waals surface area contributed by atoms with E-state index in [1.807, 2.05) is 19.1 Å². The van der Waals surface area contributed by atoms with E-state index in [2.05, 4.69) is 30.5 Å². The minimum atomic E-state index is -1.79. The van der Waals surface area contributed by atoms with E-state index in [4.69, 9.17) is 18.9 Å². The first-order valence-electron chi connectivity index (χ1n) is 34.2. The van der Waals surface area contributed by atoms with E-state index in [9.17, 15) is 45.6 Å². The second kappa shape index (κ2) is 53.4. The highest BCUT2D eigenvalue weighted by Gasteiger charge is 2.51. The third-order valence-electron chi connectivity index (χ3n) is 16.9. The molecule has 0 aromatic rings. The van der Waals surface area contributed by atoms with Gasteiger partial charge >= 0.3 is 0 Å². The van der Waals surface area contributed by atoms with Crippen LogP contribution < -0.4 is 5.32 Å². The second-order valence-corrected chi connectivity index (χ2v) is 24.3. The smallest absolute Gasteiger partial charge is 0.220 e. The number of hydrogen-bond donors (Lipinski definition) is 9. The van der Waals surface area contributed by atoms with Crippen LogP contribution >= 0.6 is 0 Å².